The molecule has 0 spiro atoms. The molecular formula is C17H19N5O2S2. The second-order valence-corrected chi connectivity index (χ2v) is 8.19. The van der Waals surface area contributed by atoms with Gasteiger partial charge in [-0.1, -0.05) is 11.2 Å². The molecule has 1 amide bonds. The largest absolute Gasteiger partial charge is 0.340 e. The van der Waals surface area contributed by atoms with Crippen LogP contribution >= 0.6 is 22.7 Å². The monoisotopic (exact) mass is 389 g/mol. The molecular weight excluding hydrogens is 370 g/mol. The Balaban J connectivity index is 1.28. The maximum Gasteiger partial charge on any atom is 0.241 e. The predicted molar refractivity (Wildman–Crippen MR) is 100 cm³/mol. The van der Waals surface area contributed by atoms with Crippen LogP contribution in [0.2, 0.25) is 0 Å². The zero-order chi connectivity index (χ0) is 17.9. The molecule has 4 rings (SSSR count). The van der Waals surface area contributed by atoms with Crippen molar-refractivity contribution in [2.24, 2.45) is 0 Å². The minimum Gasteiger partial charge on any atom is -0.340 e. The highest BCUT2D eigenvalue weighted by Gasteiger charge is 2.23. The standard InChI is InChI=1S/C17H19N5O2S2/c1-12-18-13(11-26-12)9-16(23)22-6-4-21(5-7-22)10-15-19-17(20-24-15)14-3-2-8-25-14/h2-3,8,11H,4-7,9-10H2,1H3. The van der Waals surface area contributed by atoms with E-state index in [-0.39, 0.29) is 5.91 Å². The van der Waals surface area contributed by atoms with E-state index in [1.54, 1.807) is 22.7 Å². The third-order valence-electron chi connectivity index (χ3n) is 4.29. The van der Waals surface area contributed by atoms with Gasteiger partial charge in [0.2, 0.25) is 17.6 Å². The van der Waals surface area contributed by atoms with E-state index < -0.39 is 0 Å². The molecule has 0 N–H and O–H groups in total. The van der Waals surface area contributed by atoms with Crippen LogP contribution in [0.3, 0.4) is 0 Å². The molecule has 0 aromatic carbocycles. The summed E-state index contributed by atoms with van der Waals surface area (Å²) in [7, 11) is 0. The SMILES string of the molecule is Cc1nc(CC(=O)N2CCN(Cc3nc(-c4cccs4)no3)CC2)cs1. The lowest BCUT2D eigenvalue weighted by Gasteiger charge is -2.33. The van der Waals surface area contributed by atoms with Crippen LogP contribution in [-0.4, -0.2) is 57.0 Å². The summed E-state index contributed by atoms with van der Waals surface area (Å²) in [4.78, 5) is 26.4. The van der Waals surface area contributed by atoms with Crippen molar-refractivity contribution in [2.75, 3.05) is 26.2 Å². The van der Waals surface area contributed by atoms with Gasteiger partial charge < -0.3 is 9.42 Å². The van der Waals surface area contributed by atoms with Crippen molar-refractivity contribution in [1.82, 2.24) is 24.9 Å². The van der Waals surface area contributed by atoms with Gasteiger partial charge in [-0.15, -0.1) is 22.7 Å². The van der Waals surface area contributed by atoms with Crippen LogP contribution in [0, 0.1) is 6.92 Å². The Morgan fingerprint density at radius 3 is 2.77 bits per heavy atom. The molecule has 1 aliphatic rings. The van der Waals surface area contributed by atoms with Crippen molar-refractivity contribution < 1.29 is 9.32 Å². The number of amides is 1. The van der Waals surface area contributed by atoms with Gasteiger partial charge in [0.1, 0.15) is 0 Å². The van der Waals surface area contributed by atoms with E-state index in [1.165, 1.54) is 0 Å². The highest BCUT2D eigenvalue weighted by Crippen LogP contribution is 2.21. The molecule has 1 fully saturated rings. The number of aromatic nitrogens is 3. The maximum atomic E-state index is 12.4. The Morgan fingerprint density at radius 2 is 2.08 bits per heavy atom. The zero-order valence-electron chi connectivity index (χ0n) is 14.4. The van der Waals surface area contributed by atoms with E-state index in [0.29, 0.717) is 37.8 Å². The first-order valence-electron chi connectivity index (χ1n) is 8.45. The van der Waals surface area contributed by atoms with Gasteiger partial charge in [-0.3, -0.25) is 9.69 Å². The average Bonchev–Trinajstić information content (AvgIpc) is 3.37. The Hall–Kier alpha value is -2.10. The first-order chi connectivity index (χ1) is 12.7. The predicted octanol–water partition coefficient (Wildman–Crippen LogP) is 2.45. The Labute approximate surface area is 159 Å². The van der Waals surface area contributed by atoms with Gasteiger partial charge in [0.25, 0.3) is 0 Å². The van der Waals surface area contributed by atoms with E-state index in [4.69, 9.17) is 4.52 Å². The van der Waals surface area contributed by atoms with Crippen LogP contribution < -0.4 is 0 Å². The highest BCUT2D eigenvalue weighted by atomic mass is 32.1. The number of thiophene rings is 1. The fourth-order valence-corrected chi connectivity index (χ4v) is 4.19. The summed E-state index contributed by atoms with van der Waals surface area (Å²) in [6.07, 6.45) is 0.387. The van der Waals surface area contributed by atoms with Crippen LogP contribution in [0.15, 0.2) is 27.4 Å². The molecule has 0 saturated carbocycles. The summed E-state index contributed by atoms with van der Waals surface area (Å²) in [6, 6.07) is 3.95. The van der Waals surface area contributed by atoms with Crippen LogP contribution in [0.4, 0.5) is 0 Å². The molecule has 136 valence electrons. The molecule has 3 aromatic heterocycles. The van der Waals surface area contributed by atoms with Crippen molar-refractivity contribution in [3.05, 3.63) is 39.5 Å². The first kappa shape index (κ1) is 17.3. The Kier molecular flexibility index (Phi) is 5.09. The average molecular weight is 390 g/mol. The summed E-state index contributed by atoms with van der Waals surface area (Å²) < 4.78 is 5.36. The van der Waals surface area contributed by atoms with E-state index in [1.807, 2.05) is 34.7 Å². The summed E-state index contributed by atoms with van der Waals surface area (Å²) in [5, 5.41) is 9.00. The van der Waals surface area contributed by atoms with E-state index >= 15 is 0 Å². The second-order valence-electron chi connectivity index (χ2n) is 6.18. The van der Waals surface area contributed by atoms with Crippen LogP contribution in [0.1, 0.15) is 16.6 Å². The molecule has 1 aliphatic heterocycles. The van der Waals surface area contributed by atoms with Gasteiger partial charge in [-0.05, 0) is 18.4 Å². The van der Waals surface area contributed by atoms with Gasteiger partial charge in [0.15, 0.2) is 0 Å². The molecule has 0 bridgehead atoms. The number of nitrogens with zero attached hydrogens (tertiary/aromatic N) is 5. The van der Waals surface area contributed by atoms with Crippen molar-refractivity contribution in [3.8, 4) is 10.7 Å². The second kappa shape index (κ2) is 7.65. The van der Waals surface area contributed by atoms with Crippen molar-refractivity contribution in [3.63, 3.8) is 0 Å². The summed E-state index contributed by atoms with van der Waals surface area (Å²) in [5.74, 6) is 1.40. The number of hydrogen-bond acceptors (Lipinski definition) is 8. The van der Waals surface area contributed by atoms with Gasteiger partial charge in [-0.25, -0.2) is 4.98 Å². The lowest BCUT2D eigenvalue weighted by atomic mass is 10.2. The summed E-state index contributed by atoms with van der Waals surface area (Å²) in [6.45, 7) is 5.61. The normalized spacial score (nSPS) is 15.5. The number of piperazine rings is 1. The third-order valence-corrected chi connectivity index (χ3v) is 5.98. The minimum atomic E-state index is 0.146. The lowest BCUT2D eigenvalue weighted by molar-refractivity contribution is -0.132. The number of carbonyl (C=O) groups excluding carboxylic acids is 1. The molecule has 7 nitrogen and oxygen atoms in total. The van der Waals surface area contributed by atoms with Crippen LogP contribution in [0.25, 0.3) is 10.7 Å². The van der Waals surface area contributed by atoms with E-state index in [9.17, 15) is 4.79 Å². The fraction of sp³-hybridized carbons (Fsp3) is 0.412. The Morgan fingerprint density at radius 1 is 1.23 bits per heavy atom. The van der Waals surface area contributed by atoms with Crippen molar-refractivity contribution >= 4 is 28.6 Å². The smallest absolute Gasteiger partial charge is 0.241 e. The summed E-state index contributed by atoms with van der Waals surface area (Å²) >= 11 is 3.18. The maximum absolute atomic E-state index is 12.4. The zero-order valence-corrected chi connectivity index (χ0v) is 16.1. The van der Waals surface area contributed by atoms with Gasteiger partial charge >= 0.3 is 0 Å². The van der Waals surface area contributed by atoms with Crippen molar-refractivity contribution in [1.29, 1.82) is 0 Å². The number of aryl methyl sites for hydroxylation is 1. The molecule has 0 atom stereocenters. The molecule has 0 radical (unpaired) electrons. The molecule has 26 heavy (non-hydrogen) atoms. The quantitative estimate of drug-likeness (QED) is 0.667. The Bertz CT molecular complexity index is 865. The lowest BCUT2D eigenvalue weighted by Crippen LogP contribution is -2.48. The minimum absolute atomic E-state index is 0.146. The first-order valence-corrected chi connectivity index (χ1v) is 10.2. The number of carbonyl (C=O) groups is 1. The molecule has 9 heteroatoms. The molecule has 1 saturated heterocycles. The van der Waals surface area contributed by atoms with Gasteiger partial charge in [0.05, 0.1) is 28.5 Å². The van der Waals surface area contributed by atoms with Crippen molar-refractivity contribution in [2.45, 2.75) is 19.9 Å². The van der Waals surface area contributed by atoms with E-state index in [0.717, 1.165) is 28.7 Å². The number of rotatable bonds is 5. The number of hydrogen-bond donors (Lipinski definition) is 0. The van der Waals surface area contributed by atoms with Gasteiger partial charge in [-0.2, -0.15) is 4.98 Å². The highest BCUT2D eigenvalue weighted by molar-refractivity contribution is 7.13. The topological polar surface area (TPSA) is 75.4 Å². The number of thiazole rings is 1. The van der Waals surface area contributed by atoms with E-state index in [2.05, 4.69) is 20.0 Å². The van der Waals surface area contributed by atoms with Crippen LogP contribution in [0.5, 0.6) is 0 Å². The molecule has 4 heterocycles. The molecule has 3 aromatic rings. The third kappa shape index (κ3) is 4.00. The molecule has 0 aliphatic carbocycles. The van der Waals surface area contributed by atoms with Crippen LogP contribution in [-0.2, 0) is 17.8 Å². The van der Waals surface area contributed by atoms with Gasteiger partial charge in [0, 0.05) is 31.6 Å². The summed E-state index contributed by atoms with van der Waals surface area (Å²) in [5.41, 5.74) is 0.867. The molecule has 0 unspecified atom stereocenters. The fourth-order valence-electron chi connectivity index (χ4n) is 2.93.